The molecule has 2 aromatic rings. The molecule has 7 nitrogen and oxygen atoms in total. The number of hydrogen-bond donors (Lipinski definition) is 1. The predicted octanol–water partition coefficient (Wildman–Crippen LogP) is 0.120. The number of rotatable bonds is 3. The normalized spacial score (nSPS) is 15.7. The molecule has 2 heterocycles. The van der Waals surface area contributed by atoms with Crippen molar-refractivity contribution in [1.82, 2.24) is 14.5 Å². The molecule has 0 spiro atoms. The highest BCUT2D eigenvalue weighted by atomic mass is 16.2. The van der Waals surface area contributed by atoms with Crippen LogP contribution < -0.4 is 11.3 Å². The summed E-state index contributed by atoms with van der Waals surface area (Å²) in [4.78, 5) is 41.8. The number of aromatic nitrogens is 2. The van der Waals surface area contributed by atoms with Crippen LogP contribution in [0.25, 0.3) is 10.9 Å². The summed E-state index contributed by atoms with van der Waals surface area (Å²) in [5.74, 6) is -0.622. The van der Waals surface area contributed by atoms with Crippen LogP contribution in [0.2, 0.25) is 0 Å². The lowest BCUT2D eigenvalue weighted by molar-refractivity contribution is -0.135. The summed E-state index contributed by atoms with van der Waals surface area (Å²) in [6.45, 7) is 0.933. The second kappa shape index (κ2) is 6.20. The summed E-state index contributed by atoms with van der Waals surface area (Å²) in [7, 11) is 0. The maximum Gasteiger partial charge on any atom is 0.261 e. The Labute approximate surface area is 132 Å². The van der Waals surface area contributed by atoms with Crippen LogP contribution in [-0.4, -0.2) is 39.4 Å². The average Bonchev–Trinajstić information content (AvgIpc) is 2.57. The van der Waals surface area contributed by atoms with Crippen LogP contribution in [0.5, 0.6) is 0 Å². The van der Waals surface area contributed by atoms with Gasteiger partial charge in [0, 0.05) is 19.0 Å². The first-order valence-corrected chi connectivity index (χ1v) is 7.57. The van der Waals surface area contributed by atoms with Crippen molar-refractivity contribution in [3.8, 4) is 0 Å². The number of nitrogens with zero attached hydrogens (tertiary/aromatic N) is 3. The van der Waals surface area contributed by atoms with Gasteiger partial charge in [-0.2, -0.15) is 0 Å². The highest BCUT2D eigenvalue weighted by molar-refractivity contribution is 5.80. The van der Waals surface area contributed by atoms with E-state index in [-0.39, 0.29) is 29.8 Å². The molecule has 0 saturated carbocycles. The minimum absolute atomic E-state index is 0.0437. The van der Waals surface area contributed by atoms with Gasteiger partial charge in [-0.3, -0.25) is 19.0 Å². The van der Waals surface area contributed by atoms with E-state index in [1.807, 2.05) is 6.07 Å². The molecule has 0 atom stereocenters. The number of piperidine rings is 1. The first kappa shape index (κ1) is 15.2. The number of likely N-dealkylation sites (tertiary alicyclic amines) is 1. The third-order valence-electron chi connectivity index (χ3n) is 4.29. The number of carbonyl (C=O) groups excluding carboxylic acids is 2. The van der Waals surface area contributed by atoms with Gasteiger partial charge < -0.3 is 10.6 Å². The molecular weight excluding hydrogens is 296 g/mol. The number of amides is 2. The van der Waals surface area contributed by atoms with Crippen LogP contribution in [0.15, 0.2) is 35.4 Å². The number of carbonyl (C=O) groups is 2. The molecule has 1 saturated heterocycles. The Morgan fingerprint density at radius 3 is 2.61 bits per heavy atom. The zero-order chi connectivity index (χ0) is 16.4. The summed E-state index contributed by atoms with van der Waals surface area (Å²) in [5.41, 5.74) is 5.68. The SMILES string of the molecule is NC(=O)C1CCN(C(=O)Cn2cnc3ccccc3c2=O)CC1. The number of para-hydroxylation sites is 1. The number of nitrogens with two attached hydrogens (primary N) is 1. The summed E-state index contributed by atoms with van der Waals surface area (Å²) in [5, 5.41) is 0.496. The fourth-order valence-electron chi connectivity index (χ4n) is 2.88. The second-order valence-electron chi connectivity index (χ2n) is 5.75. The van der Waals surface area contributed by atoms with Crippen molar-refractivity contribution in [2.45, 2.75) is 19.4 Å². The van der Waals surface area contributed by atoms with E-state index in [1.54, 1.807) is 23.1 Å². The van der Waals surface area contributed by atoms with E-state index < -0.39 is 0 Å². The largest absolute Gasteiger partial charge is 0.369 e. The van der Waals surface area contributed by atoms with E-state index in [0.29, 0.717) is 36.8 Å². The van der Waals surface area contributed by atoms with Gasteiger partial charge in [0.1, 0.15) is 6.54 Å². The monoisotopic (exact) mass is 314 g/mol. The Balaban J connectivity index is 1.73. The Hall–Kier alpha value is -2.70. The first-order chi connectivity index (χ1) is 11.1. The smallest absolute Gasteiger partial charge is 0.261 e. The van der Waals surface area contributed by atoms with Gasteiger partial charge in [-0.25, -0.2) is 4.98 Å². The Bertz CT molecular complexity index is 806. The molecule has 0 aliphatic carbocycles. The standard InChI is InChI=1S/C16H18N4O3/c17-15(22)11-5-7-19(8-6-11)14(21)9-20-10-18-13-4-2-1-3-12(13)16(20)23/h1-4,10-11H,5-9H2,(H2,17,22). The van der Waals surface area contributed by atoms with E-state index in [1.165, 1.54) is 10.9 Å². The number of fused-ring (bicyclic) bond motifs is 1. The number of benzene rings is 1. The Kier molecular flexibility index (Phi) is 4.10. The average molecular weight is 314 g/mol. The van der Waals surface area contributed by atoms with Crippen molar-refractivity contribution in [2.75, 3.05) is 13.1 Å². The topological polar surface area (TPSA) is 98.3 Å². The van der Waals surface area contributed by atoms with Crippen LogP contribution >= 0.6 is 0 Å². The van der Waals surface area contributed by atoms with E-state index in [0.717, 1.165) is 0 Å². The van der Waals surface area contributed by atoms with Crippen molar-refractivity contribution in [3.05, 3.63) is 40.9 Å². The first-order valence-electron chi connectivity index (χ1n) is 7.57. The summed E-state index contributed by atoms with van der Waals surface area (Å²) in [6, 6.07) is 7.04. The molecule has 120 valence electrons. The second-order valence-corrected chi connectivity index (χ2v) is 5.75. The number of hydrogen-bond acceptors (Lipinski definition) is 4. The quantitative estimate of drug-likeness (QED) is 0.870. The van der Waals surface area contributed by atoms with E-state index in [9.17, 15) is 14.4 Å². The summed E-state index contributed by atoms with van der Waals surface area (Å²) < 4.78 is 1.32. The summed E-state index contributed by atoms with van der Waals surface area (Å²) >= 11 is 0. The van der Waals surface area contributed by atoms with Gasteiger partial charge in [0.25, 0.3) is 5.56 Å². The zero-order valence-corrected chi connectivity index (χ0v) is 12.6. The Morgan fingerprint density at radius 2 is 1.91 bits per heavy atom. The van der Waals surface area contributed by atoms with Crippen molar-refractivity contribution in [2.24, 2.45) is 11.7 Å². The molecule has 1 aliphatic rings. The molecule has 23 heavy (non-hydrogen) atoms. The molecule has 2 amide bonds. The minimum Gasteiger partial charge on any atom is -0.369 e. The zero-order valence-electron chi connectivity index (χ0n) is 12.6. The highest BCUT2D eigenvalue weighted by Gasteiger charge is 2.26. The fourth-order valence-corrected chi connectivity index (χ4v) is 2.88. The van der Waals surface area contributed by atoms with Crippen LogP contribution in [0.4, 0.5) is 0 Å². The molecular formula is C16H18N4O3. The van der Waals surface area contributed by atoms with Gasteiger partial charge in [0.2, 0.25) is 11.8 Å². The minimum atomic E-state index is -0.313. The maximum atomic E-state index is 12.4. The fraction of sp³-hybridized carbons (Fsp3) is 0.375. The van der Waals surface area contributed by atoms with Crippen molar-refractivity contribution in [1.29, 1.82) is 0 Å². The van der Waals surface area contributed by atoms with Crippen molar-refractivity contribution >= 4 is 22.7 Å². The van der Waals surface area contributed by atoms with Gasteiger partial charge >= 0.3 is 0 Å². The van der Waals surface area contributed by atoms with Gasteiger partial charge in [-0.1, -0.05) is 12.1 Å². The molecule has 0 radical (unpaired) electrons. The lowest BCUT2D eigenvalue weighted by atomic mass is 9.96. The van der Waals surface area contributed by atoms with Crippen molar-refractivity contribution < 1.29 is 9.59 Å². The molecule has 0 unspecified atom stereocenters. The van der Waals surface area contributed by atoms with Gasteiger partial charge in [-0.05, 0) is 25.0 Å². The lowest BCUT2D eigenvalue weighted by Gasteiger charge is -2.30. The maximum absolute atomic E-state index is 12.4. The van der Waals surface area contributed by atoms with Gasteiger partial charge in [0.05, 0.1) is 17.2 Å². The third-order valence-corrected chi connectivity index (χ3v) is 4.29. The van der Waals surface area contributed by atoms with Gasteiger partial charge in [0.15, 0.2) is 0 Å². The molecule has 3 rings (SSSR count). The van der Waals surface area contributed by atoms with Gasteiger partial charge in [-0.15, -0.1) is 0 Å². The predicted molar refractivity (Wildman–Crippen MR) is 84.5 cm³/mol. The molecule has 1 aromatic carbocycles. The van der Waals surface area contributed by atoms with E-state index >= 15 is 0 Å². The van der Waals surface area contributed by atoms with Crippen LogP contribution in [0.3, 0.4) is 0 Å². The lowest BCUT2D eigenvalue weighted by Crippen LogP contribution is -2.43. The van der Waals surface area contributed by atoms with Crippen LogP contribution in [-0.2, 0) is 16.1 Å². The van der Waals surface area contributed by atoms with Crippen LogP contribution in [0, 0.1) is 5.92 Å². The molecule has 7 heteroatoms. The van der Waals surface area contributed by atoms with E-state index in [2.05, 4.69) is 4.98 Å². The molecule has 1 fully saturated rings. The van der Waals surface area contributed by atoms with Crippen molar-refractivity contribution in [3.63, 3.8) is 0 Å². The van der Waals surface area contributed by atoms with E-state index in [4.69, 9.17) is 5.73 Å². The summed E-state index contributed by atoms with van der Waals surface area (Å²) in [6.07, 6.45) is 2.55. The molecule has 0 bridgehead atoms. The molecule has 1 aromatic heterocycles. The number of primary amides is 1. The third kappa shape index (κ3) is 3.08. The molecule has 1 aliphatic heterocycles. The Morgan fingerprint density at radius 1 is 1.22 bits per heavy atom. The highest BCUT2D eigenvalue weighted by Crippen LogP contribution is 2.16. The van der Waals surface area contributed by atoms with Crippen LogP contribution in [0.1, 0.15) is 12.8 Å². The molecule has 2 N–H and O–H groups in total.